The van der Waals surface area contributed by atoms with E-state index in [1.807, 2.05) is 42.5 Å². The van der Waals surface area contributed by atoms with Crippen LogP contribution in [-0.2, 0) is 0 Å². The lowest BCUT2D eigenvalue weighted by molar-refractivity contribution is 1.58. The van der Waals surface area contributed by atoms with Crippen molar-refractivity contribution in [2.75, 3.05) is 11.5 Å². The van der Waals surface area contributed by atoms with Gasteiger partial charge in [0.1, 0.15) is 0 Å². The molecule has 3 heteroatoms. The summed E-state index contributed by atoms with van der Waals surface area (Å²) in [5.74, 6) is 0. The van der Waals surface area contributed by atoms with Crippen LogP contribution >= 0.6 is 15.9 Å². The number of hydrogen-bond donors (Lipinski definition) is 2. The lowest BCUT2D eigenvalue weighted by Gasteiger charge is -2.08. The first kappa shape index (κ1) is 10.1. The van der Waals surface area contributed by atoms with Crippen molar-refractivity contribution in [3.05, 3.63) is 46.9 Å². The molecule has 15 heavy (non-hydrogen) atoms. The molecule has 0 unspecified atom stereocenters. The van der Waals surface area contributed by atoms with Crippen LogP contribution < -0.4 is 11.5 Å². The highest BCUT2D eigenvalue weighted by Gasteiger charge is 2.05. The van der Waals surface area contributed by atoms with Gasteiger partial charge in [-0.25, -0.2) is 0 Å². The Morgan fingerprint density at radius 1 is 0.800 bits per heavy atom. The van der Waals surface area contributed by atoms with Gasteiger partial charge in [-0.3, -0.25) is 0 Å². The minimum absolute atomic E-state index is 0.724. The molecule has 0 radical (unpaired) electrons. The van der Waals surface area contributed by atoms with E-state index in [9.17, 15) is 0 Å². The highest BCUT2D eigenvalue weighted by molar-refractivity contribution is 9.10. The van der Waals surface area contributed by atoms with E-state index in [1.54, 1.807) is 0 Å². The van der Waals surface area contributed by atoms with E-state index < -0.39 is 0 Å². The maximum absolute atomic E-state index is 5.94. The van der Waals surface area contributed by atoms with E-state index in [2.05, 4.69) is 15.9 Å². The molecule has 0 atom stereocenters. The fourth-order valence-corrected chi connectivity index (χ4v) is 1.90. The molecule has 0 aliphatic rings. The molecular formula is C12H11BrN2. The first-order valence-corrected chi connectivity index (χ1v) is 5.37. The van der Waals surface area contributed by atoms with Crippen LogP contribution in [0.5, 0.6) is 0 Å². The molecule has 0 aliphatic carbocycles. The lowest BCUT2D eigenvalue weighted by atomic mass is 10.0. The second kappa shape index (κ2) is 3.95. The summed E-state index contributed by atoms with van der Waals surface area (Å²) in [5, 5.41) is 0. The van der Waals surface area contributed by atoms with Gasteiger partial charge >= 0.3 is 0 Å². The third-order valence-electron chi connectivity index (χ3n) is 2.26. The van der Waals surface area contributed by atoms with Gasteiger partial charge in [-0.05, 0) is 18.2 Å². The van der Waals surface area contributed by atoms with Crippen LogP contribution in [0.3, 0.4) is 0 Å². The molecule has 0 saturated heterocycles. The number of benzene rings is 2. The van der Waals surface area contributed by atoms with E-state index in [0.717, 1.165) is 27.0 Å². The van der Waals surface area contributed by atoms with Crippen molar-refractivity contribution in [1.29, 1.82) is 0 Å². The van der Waals surface area contributed by atoms with Gasteiger partial charge in [0, 0.05) is 27.0 Å². The largest absolute Gasteiger partial charge is 0.398 e. The van der Waals surface area contributed by atoms with E-state index in [-0.39, 0.29) is 0 Å². The maximum Gasteiger partial charge on any atom is 0.0405 e. The normalized spacial score (nSPS) is 10.2. The summed E-state index contributed by atoms with van der Waals surface area (Å²) in [6.07, 6.45) is 0. The van der Waals surface area contributed by atoms with Crippen molar-refractivity contribution < 1.29 is 0 Å². The average molecular weight is 263 g/mol. The minimum atomic E-state index is 0.724. The fourth-order valence-electron chi connectivity index (χ4n) is 1.52. The highest BCUT2D eigenvalue weighted by atomic mass is 79.9. The monoisotopic (exact) mass is 262 g/mol. The van der Waals surface area contributed by atoms with E-state index in [4.69, 9.17) is 11.5 Å². The van der Waals surface area contributed by atoms with Crippen molar-refractivity contribution >= 4 is 27.3 Å². The predicted octanol–water partition coefficient (Wildman–Crippen LogP) is 3.28. The summed E-state index contributed by atoms with van der Waals surface area (Å²) < 4.78 is 0.971. The molecule has 76 valence electrons. The van der Waals surface area contributed by atoms with Crippen molar-refractivity contribution in [2.45, 2.75) is 0 Å². The van der Waals surface area contributed by atoms with Gasteiger partial charge in [0.25, 0.3) is 0 Å². The Morgan fingerprint density at radius 3 is 2.13 bits per heavy atom. The second-order valence-electron chi connectivity index (χ2n) is 3.32. The van der Waals surface area contributed by atoms with Crippen molar-refractivity contribution in [3.63, 3.8) is 0 Å². The molecule has 0 aliphatic heterocycles. The van der Waals surface area contributed by atoms with Gasteiger partial charge < -0.3 is 11.5 Å². The molecule has 0 spiro atoms. The molecule has 0 fully saturated rings. The van der Waals surface area contributed by atoms with Gasteiger partial charge in [0.15, 0.2) is 0 Å². The molecular weight excluding hydrogens is 252 g/mol. The summed E-state index contributed by atoms with van der Waals surface area (Å²) in [7, 11) is 0. The molecule has 0 saturated carbocycles. The molecule has 2 aromatic carbocycles. The first-order valence-electron chi connectivity index (χ1n) is 4.58. The van der Waals surface area contributed by atoms with Crippen molar-refractivity contribution in [2.24, 2.45) is 0 Å². The average Bonchev–Trinajstić information content (AvgIpc) is 2.20. The molecule has 0 heterocycles. The third-order valence-corrected chi connectivity index (χ3v) is 2.76. The Morgan fingerprint density at radius 2 is 1.47 bits per heavy atom. The van der Waals surface area contributed by atoms with Gasteiger partial charge in [-0.2, -0.15) is 0 Å². The smallest absolute Gasteiger partial charge is 0.0405 e. The minimum Gasteiger partial charge on any atom is -0.398 e. The summed E-state index contributed by atoms with van der Waals surface area (Å²) in [6, 6.07) is 13.5. The summed E-state index contributed by atoms with van der Waals surface area (Å²) >= 11 is 3.38. The van der Waals surface area contributed by atoms with Crippen molar-refractivity contribution in [1.82, 2.24) is 0 Å². The molecule has 0 bridgehead atoms. The van der Waals surface area contributed by atoms with Gasteiger partial charge in [-0.15, -0.1) is 0 Å². The summed E-state index contributed by atoms with van der Waals surface area (Å²) in [4.78, 5) is 0. The zero-order valence-corrected chi connectivity index (χ0v) is 9.66. The number of hydrogen-bond acceptors (Lipinski definition) is 2. The van der Waals surface area contributed by atoms with Crippen LogP contribution in [0.25, 0.3) is 11.1 Å². The quantitative estimate of drug-likeness (QED) is 0.776. The van der Waals surface area contributed by atoms with E-state index in [0.29, 0.717) is 0 Å². The Bertz CT molecular complexity index is 495. The SMILES string of the molecule is Nc1ccccc1-c1ccc(Br)cc1N. The Kier molecular flexibility index (Phi) is 2.64. The van der Waals surface area contributed by atoms with Gasteiger partial charge in [0.05, 0.1) is 0 Å². The Labute approximate surface area is 97.0 Å². The van der Waals surface area contributed by atoms with Crippen molar-refractivity contribution in [3.8, 4) is 11.1 Å². The Balaban J connectivity index is 2.60. The highest BCUT2D eigenvalue weighted by Crippen LogP contribution is 2.31. The van der Waals surface area contributed by atoms with E-state index in [1.165, 1.54) is 0 Å². The maximum atomic E-state index is 5.94. The van der Waals surface area contributed by atoms with Crippen LogP contribution in [0.15, 0.2) is 46.9 Å². The number of halogens is 1. The van der Waals surface area contributed by atoms with Crippen LogP contribution in [0, 0.1) is 0 Å². The number of nitrogens with two attached hydrogens (primary N) is 2. The van der Waals surface area contributed by atoms with Crippen LogP contribution in [0.1, 0.15) is 0 Å². The zero-order chi connectivity index (χ0) is 10.8. The second-order valence-corrected chi connectivity index (χ2v) is 4.23. The lowest BCUT2D eigenvalue weighted by Crippen LogP contribution is -1.94. The van der Waals surface area contributed by atoms with Gasteiger partial charge in [0.2, 0.25) is 0 Å². The number of para-hydroxylation sites is 1. The topological polar surface area (TPSA) is 52.0 Å². The Hall–Kier alpha value is -1.48. The summed E-state index contributed by atoms with van der Waals surface area (Å²) in [5.41, 5.74) is 15.2. The number of nitrogen functional groups attached to an aromatic ring is 2. The number of rotatable bonds is 1. The summed E-state index contributed by atoms with van der Waals surface area (Å²) in [6.45, 7) is 0. The molecule has 0 amide bonds. The van der Waals surface area contributed by atoms with Crippen LogP contribution in [0.4, 0.5) is 11.4 Å². The van der Waals surface area contributed by atoms with Crippen LogP contribution in [0.2, 0.25) is 0 Å². The van der Waals surface area contributed by atoms with E-state index >= 15 is 0 Å². The first-order chi connectivity index (χ1) is 7.18. The molecule has 2 rings (SSSR count). The molecule has 2 aromatic rings. The zero-order valence-electron chi connectivity index (χ0n) is 8.07. The molecule has 0 aromatic heterocycles. The predicted molar refractivity (Wildman–Crippen MR) is 68.4 cm³/mol. The van der Waals surface area contributed by atoms with Crippen LogP contribution in [-0.4, -0.2) is 0 Å². The fraction of sp³-hybridized carbons (Fsp3) is 0. The molecule has 2 nitrogen and oxygen atoms in total. The van der Waals surface area contributed by atoms with Gasteiger partial charge in [-0.1, -0.05) is 40.2 Å². The molecule has 4 N–H and O–H groups in total. The third kappa shape index (κ3) is 1.97. The number of anilines is 2. The standard InChI is InChI=1S/C12H11BrN2/c13-8-5-6-10(12(15)7-8)9-3-1-2-4-11(9)14/h1-7H,14-15H2.